The van der Waals surface area contributed by atoms with Crippen LogP contribution >= 0.6 is 11.3 Å². The third-order valence-electron chi connectivity index (χ3n) is 3.31. The van der Waals surface area contributed by atoms with Crippen molar-refractivity contribution >= 4 is 34.0 Å². The summed E-state index contributed by atoms with van der Waals surface area (Å²) in [5.41, 5.74) is 2.88. The van der Waals surface area contributed by atoms with Gasteiger partial charge in [0.1, 0.15) is 11.9 Å². The summed E-state index contributed by atoms with van der Waals surface area (Å²) in [5, 5.41) is 12.1. The van der Waals surface area contributed by atoms with Gasteiger partial charge < -0.3 is 9.40 Å². The van der Waals surface area contributed by atoms with Gasteiger partial charge in [0.25, 0.3) is 0 Å². The van der Waals surface area contributed by atoms with Crippen molar-refractivity contribution in [3.8, 4) is 16.8 Å². The molecule has 0 radical (unpaired) electrons. The number of allylic oxidation sites excluding steroid dienone is 1. The molecule has 3 heterocycles. The van der Waals surface area contributed by atoms with Crippen LogP contribution in [-0.2, 0) is 0 Å². The van der Waals surface area contributed by atoms with Crippen LogP contribution in [0, 0.1) is 11.3 Å². The lowest BCUT2D eigenvalue weighted by atomic mass is 10.2. The van der Waals surface area contributed by atoms with E-state index < -0.39 is 0 Å². The van der Waals surface area contributed by atoms with E-state index >= 15 is 0 Å². The van der Waals surface area contributed by atoms with E-state index in [1.807, 2.05) is 41.8 Å². The van der Waals surface area contributed by atoms with Gasteiger partial charge in [-0.15, -0.1) is 11.3 Å². The Hall–Kier alpha value is -3.17. The quantitative estimate of drug-likeness (QED) is 0.570. The predicted octanol–water partition coefficient (Wildman–Crippen LogP) is 4.34. The second-order valence-electron chi connectivity index (χ2n) is 4.83. The number of nitrogens with zero attached hydrogens (tertiary/aromatic N) is 3. The second kappa shape index (κ2) is 5.55. The highest BCUT2D eigenvalue weighted by Crippen LogP contribution is 2.26. The Morgan fingerprint density at radius 1 is 1.22 bits per heavy atom. The number of thiazole rings is 1. The average molecular weight is 318 g/mol. The van der Waals surface area contributed by atoms with Crippen molar-refractivity contribution in [2.24, 2.45) is 0 Å². The average Bonchev–Trinajstić information content (AvgIpc) is 3.30. The SMILES string of the molecule is N#C/C(=C/c1csc(-c2ccco2)n1)c1nc2ccccc2[nH]1. The van der Waals surface area contributed by atoms with Crippen LogP contribution in [0.15, 0.2) is 52.5 Å². The lowest BCUT2D eigenvalue weighted by molar-refractivity contribution is 0.582. The number of rotatable bonds is 3. The molecule has 0 bridgehead atoms. The van der Waals surface area contributed by atoms with Gasteiger partial charge in [-0.1, -0.05) is 12.1 Å². The number of nitrogens with one attached hydrogen (secondary N) is 1. The molecule has 0 atom stereocenters. The van der Waals surface area contributed by atoms with Crippen LogP contribution in [0.5, 0.6) is 0 Å². The van der Waals surface area contributed by atoms with Crippen LogP contribution in [0.1, 0.15) is 11.5 Å². The van der Waals surface area contributed by atoms with E-state index in [0.29, 0.717) is 17.1 Å². The van der Waals surface area contributed by atoms with Crippen LogP contribution in [0.3, 0.4) is 0 Å². The minimum absolute atomic E-state index is 0.442. The number of nitriles is 1. The Balaban J connectivity index is 1.72. The lowest BCUT2D eigenvalue weighted by Crippen LogP contribution is -1.85. The summed E-state index contributed by atoms with van der Waals surface area (Å²) < 4.78 is 5.33. The molecule has 0 saturated heterocycles. The molecular weight excluding hydrogens is 308 g/mol. The molecule has 0 aliphatic rings. The Kier molecular flexibility index (Phi) is 3.26. The minimum Gasteiger partial charge on any atom is -0.462 e. The first-order valence-electron chi connectivity index (χ1n) is 6.90. The van der Waals surface area contributed by atoms with Crippen LogP contribution in [0.4, 0.5) is 0 Å². The Bertz CT molecular complexity index is 1000. The molecule has 0 aliphatic heterocycles. The van der Waals surface area contributed by atoms with E-state index in [2.05, 4.69) is 21.0 Å². The number of hydrogen-bond acceptors (Lipinski definition) is 5. The molecule has 5 nitrogen and oxygen atoms in total. The number of hydrogen-bond donors (Lipinski definition) is 1. The van der Waals surface area contributed by atoms with Gasteiger partial charge in [-0.25, -0.2) is 9.97 Å². The zero-order valence-electron chi connectivity index (χ0n) is 11.9. The van der Waals surface area contributed by atoms with Gasteiger partial charge in [0, 0.05) is 5.38 Å². The monoisotopic (exact) mass is 318 g/mol. The van der Waals surface area contributed by atoms with E-state index in [1.165, 1.54) is 11.3 Å². The van der Waals surface area contributed by atoms with E-state index in [1.54, 1.807) is 12.3 Å². The van der Waals surface area contributed by atoms with Gasteiger partial charge >= 0.3 is 0 Å². The van der Waals surface area contributed by atoms with Crippen molar-refractivity contribution in [2.75, 3.05) is 0 Å². The molecule has 4 rings (SSSR count). The topological polar surface area (TPSA) is 78.5 Å². The first-order valence-corrected chi connectivity index (χ1v) is 7.78. The van der Waals surface area contributed by atoms with Gasteiger partial charge in [0.15, 0.2) is 10.8 Å². The van der Waals surface area contributed by atoms with Crippen molar-refractivity contribution in [3.63, 3.8) is 0 Å². The number of imidazole rings is 1. The molecule has 0 spiro atoms. The summed E-state index contributed by atoms with van der Waals surface area (Å²) in [4.78, 5) is 12.1. The maximum absolute atomic E-state index is 9.44. The Labute approximate surface area is 135 Å². The molecule has 1 aromatic carbocycles. The number of fused-ring (bicyclic) bond motifs is 1. The van der Waals surface area contributed by atoms with Crippen molar-refractivity contribution in [1.82, 2.24) is 15.0 Å². The molecule has 0 amide bonds. The summed E-state index contributed by atoms with van der Waals surface area (Å²) in [6.45, 7) is 0. The van der Waals surface area contributed by atoms with Gasteiger partial charge in [-0.3, -0.25) is 0 Å². The molecule has 0 fully saturated rings. The van der Waals surface area contributed by atoms with Crippen molar-refractivity contribution in [1.29, 1.82) is 5.26 Å². The first-order chi connectivity index (χ1) is 11.3. The highest BCUT2D eigenvalue weighted by atomic mass is 32.1. The smallest absolute Gasteiger partial charge is 0.162 e. The summed E-state index contributed by atoms with van der Waals surface area (Å²) in [5.74, 6) is 1.26. The number of aromatic amines is 1. The Morgan fingerprint density at radius 3 is 2.91 bits per heavy atom. The molecule has 110 valence electrons. The predicted molar refractivity (Wildman–Crippen MR) is 89.4 cm³/mol. The van der Waals surface area contributed by atoms with E-state index in [9.17, 15) is 5.26 Å². The number of H-pyrrole nitrogens is 1. The molecule has 6 heteroatoms. The van der Waals surface area contributed by atoms with Crippen LogP contribution in [0.2, 0.25) is 0 Å². The van der Waals surface area contributed by atoms with Crippen molar-refractivity contribution in [3.05, 3.63) is 59.6 Å². The highest BCUT2D eigenvalue weighted by molar-refractivity contribution is 7.13. The second-order valence-corrected chi connectivity index (χ2v) is 5.69. The molecular formula is C17H10N4OS. The summed E-state index contributed by atoms with van der Waals surface area (Å²) >= 11 is 1.47. The molecule has 23 heavy (non-hydrogen) atoms. The van der Waals surface area contributed by atoms with Gasteiger partial charge in [-0.2, -0.15) is 5.26 Å². The number of furan rings is 1. The van der Waals surface area contributed by atoms with Crippen LogP contribution in [-0.4, -0.2) is 15.0 Å². The van der Waals surface area contributed by atoms with Crippen molar-refractivity contribution in [2.45, 2.75) is 0 Å². The number of para-hydroxylation sites is 2. The Morgan fingerprint density at radius 2 is 2.13 bits per heavy atom. The lowest BCUT2D eigenvalue weighted by Gasteiger charge is -1.91. The zero-order valence-corrected chi connectivity index (χ0v) is 12.7. The normalized spacial score (nSPS) is 11.7. The number of benzene rings is 1. The largest absolute Gasteiger partial charge is 0.462 e. The summed E-state index contributed by atoms with van der Waals surface area (Å²) in [7, 11) is 0. The molecule has 4 aromatic rings. The van der Waals surface area contributed by atoms with E-state index in [0.717, 1.165) is 21.8 Å². The van der Waals surface area contributed by atoms with E-state index in [-0.39, 0.29) is 0 Å². The van der Waals surface area contributed by atoms with Gasteiger partial charge in [0.05, 0.1) is 28.6 Å². The van der Waals surface area contributed by atoms with Crippen LogP contribution in [0.25, 0.3) is 33.5 Å². The third-order valence-corrected chi connectivity index (χ3v) is 4.19. The molecule has 0 unspecified atom stereocenters. The molecule has 0 aliphatic carbocycles. The standard InChI is InChI=1S/C17H10N4OS/c18-9-11(16-20-13-4-1-2-5-14(13)21-16)8-12-10-23-17(19-12)15-6-3-7-22-15/h1-8,10H,(H,20,21)/b11-8-. The van der Waals surface area contributed by atoms with Gasteiger partial charge in [0.2, 0.25) is 0 Å². The fourth-order valence-electron chi connectivity index (χ4n) is 2.25. The minimum atomic E-state index is 0.442. The third kappa shape index (κ3) is 2.54. The first kappa shape index (κ1) is 13.5. The molecule has 1 N–H and O–H groups in total. The van der Waals surface area contributed by atoms with E-state index in [4.69, 9.17) is 4.42 Å². The maximum Gasteiger partial charge on any atom is 0.162 e. The maximum atomic E-state index is 9.44. The van der Waals surface area contributed by atoms with Crippen molar-refractivity contribution < 1.29 is 4.42 Å². The summed E-state index contributed by atoms with van der Waals surface area (Å²) in [6.07, 6.45) is 3.34. The fraction of sp³-hybridized carbons (Fsp3) is 0. The zero-order chi connectivity index (χ0) is 15.6. The van der Waals surface area contributed by atoms with Gasteiger partial charge in [-0.05, 0) is 30.3 Å². The molecule has 0 saturated carbocycles. The fourth-order valence-corrected chi connectivity index (χ4v) is 2.99. The number of aromatic nitrogens is 3. The molecule has 3 aromatic heterocycles. The highest BCUT2D eigenvalue weighted by Gasteiger charge is 2.10. The summed E-state index contributed by atoms with van der Waals surface area (Å²) in [6, 6.07) is 13.5. The van der Waals surface area contributed by atoms with Crippen LogP contribution < -0.4 is 0 Å².